The number of nitrogens with two attached hydrogens (primary N) is 6. The number of amides is 13. The van der Waals surface area contributed by atoms with Gasteiger partial charge in [0.15, 0.2) is 5.96 Å². The normalized spacial score (nSPS) is 16.0. The fourth-order valence-corrected chi connectivity index (χ4v) is 9.75. The second kappa shape index (κ2) is 43.3. The molecule has 1 heterocycles. The zero-order valence-corrected chi connectivity index (χ0v) is 55.3. The van der Waals surface area contributed by atoms with Gasteiger partial charge in [-0.2, -0.15) is 0 Å². The van der Waals surface area contributed by atoms with Gasteiger partial charge in [0.25, 0.3) is 0 Å². The van der Waals surface area contributed by atoms with Crippen LogP contribution in [0.3, 0.4) is 0 Å². The maximum Gasteiger partial charge on any atom is 0.326 e. The number of nitrogens with zero attached hydrogens (tertiary/aromatic N) is 2. The molecule has 1 saturated heterocycles. The highest BCUT2D eigenvalue weighted by Gasteiger charge is 2.42. The highest BCUT2D eigenvalue weighted by atomic mass is 16.4. The van der Waals surface area contributed by atoms with Gasteiger partial charge in [-0.1, -0.05) is 48.0 Å². The van der Waals surface area contributed by atoms with E-state index in [0.717, 1.165) is 4.90 Å². The zero-order chi connectivity index (χ0) is 74.0. The second-order valence-corrected chi connectivity index (χ2v) is 24.1. The van der Waals surface area contributed by atoms with Crippen molar-refractivity contribution in [1.82, 2.24) is 58.1 Å². The van der Waals surface area contributed by atoms with Gasteiger partial charge in [0, 0.05) is 25.9 Å². The molecule has 0 aliphatic carbocycles. The number of carboxylic acids is 4. The molecule has 0 aromatic heterocycles. The first-order valence-corrected chi connectivity index (χ1v) is 31.6. The third-order valence-corrected chi connectivity index (χ3v) is 15.2. The average molecular weight is 1380 g/mol. The van der Waals surface area contributed by atoms with Crippen molar-refractivity contribution in [3.05, 3.63) is 0 Å². The molecule has 12 atom stereocenters. The summed E-state index contributed by atoms with van der Waals surface area (Å²) in [6.07, 6.45) is -4.04. The summed E-state index contributed by atoms with van der Waals surface area (Å²) in [4.78, 5) is 228. The Bertz CT molecular complexity index is 2840. The van der Waals surface area contributed by atoms with E-state index in [9.17, 15) is 102 Å². The average Bonchev–Trinajstić information content (AvgIpc) is 1.77. The van der Waals surface area contributed by atoms with Gasteiger partial charge in [0.05, 0.1) is 31.8 Å². The molecule has 0 unspecified atom stereocenters. The third-order valence-electron chi connectivity index (χ3n) is 15.2. The topological polar surface area (TPSA) is 663 Å². The van der Waals surface area contributed by atoms with E-state index in [1.54, 1.807) is 27.7 Å². The summed E-state index contributed by atoms with van der Waals surface area (Å²) in [5.74, 6) is -21.9. The molecule has 1 aliphatic rings. The minimum atomic E-state index is -1.94. The van der Waals surface area contributed by atoms with Crippen molar-refractivity contribution in [2.45, 2.75) is 211 Å². The largest absolute Gasteiger partial charge is 0.481 e. The Kier molecular flexibility index (Phi) is 38.0. The Balaban J connectivity index is 3.57. The third kappa shape index (κ3) is 32.5. The number of hydrogen-bond donors (Lipinski definition) is 20. The van der Waals surface area contributed by atoms with E-state index in [-0.39, 0.29) is 89.3 Å². The van der Waals surface area contributed by atoms with Crippen molar-refractivity contribution >= 4 is 107 Å². The van der Waals surface area contributed by atoms with Crippen molar-refractivity contribution in [2.75, 3.05) is 26.2 Å². The molecule has 26 N–H and O–H groups in total. The molecule has 1 aliphatic heterocycles. The molecule has 0 aromatic carbocycles. The predicted octanol–water partition coefficient (Wildman–Crippen LogP) is -7.25. The van der Waals surface area contributed by atoms with Crippen LogP contribution in [0.2, 0.25) is 0 Å². The van der Waals surface area contributed by atoms with Gasteiger partial charge in [-0.15, -0.1) is 0 Å². The van der Waals surface area contributed by atoms with Gasteiger partial charge in [-0.05, 0) is 88.5 Å². The lowest BCUT2D eigenvalue weighted by Gasteiger charge is -2.31. The number of carbonyl (C=O) groups excluding carboxylic acids is 13. The van der Waals surface area contributed by atoms with Crippen LogP contribution in [0.15, 0.2) is 4.99 Å². The molecule has 0 bridgehead atoms. The summed E-state index contributed by atoms with van der Waals surface area (Å²) in [5.41, 5.74) is 32.7. The molecule has 1 rings (SSSR count). The fraction of sp³-hybridized carbons (Fsp3) is 0.690. The van der Waals surface area contributed by atoms with Crippen LogP contribution in [0.5, 0.6) is 0 Å². The number of aliphatic carboxylic acids is 4. The molecule has 13 amide bonds. The van der Waals surface area contributed by atoms with Crippen molar-refractivity contribution in [3.63, 3.8) is 0 Å². The predicted molar refractivity (Wildman–Crippen MR) is 341 cm³/mol. The number of nitrogens with one attached hydrogen (secondary N) is 10. The van der Waals surface area contributed by atoms with Crippen LogP contribution in [-0.4, -0.2) is 225 Å². The van der Waals surface area contributed by atoms with E-state index in [1.165, 1.54) is 13.8 Å². The van der Waals surface area contributed by atoms with Crippen LogP contribution in [-0.2, 0) is 81.5 Å². The van der Waals surface area contributed by atoms with E-state index < -0.39 is 218 Å². The van der Waals surface area contributed by atoms with Crippen LogP contribution in [0.1, 0.15) is 144 Å². The molecule has 0 spiro atoms. The van der Waals surface area contributed by atoms with Crippen LogP contribution in [0.4, 0.5) is 0 Å². The number of carboxylic acid groups (broad SMARTS) is 4. The molecular formula is C58H98N18O21. The van der Waals surface area contributed by atoms with Gasteiger partial charge in [-0.3, -0.25) is 81.7 Å². The molecule has 1 fully saturated rings. The molecule has 97 heavy (non-hydrogen) atoms. The van der Waals surface area contributed by atoms with E-state index in [4.69, 9.17) is 34.4 Å². The van der Waals surface area contributed by atoms with Gasteiger partial charge >= 0.3 is 23.9 Å². The number of rotatable bonds is 47. The highest BCUT2D eigenvalue weighted by Crippen LogP contribution is 2.21. The lowest BCUT2D eigenvalue weighted by Crippen LogP contribution is -2.61. The number of hydrogen-bond acceptors (Lipinski definition) is 20. The monoisotopic (exact) mass is 1380 g/mol. The summed E-state index contributed by atoms with van der Waals surface area (Å²) >= 11 is 0. The molecule has 0 saturated carbocycles. The molecule has 546 valence electrons. The smallest absolute Gasteiger partial charge is 0.326 e. The molecular weight excluding hydrogens is 1280 g/mol. The lowest BCUT2D eigenvalue weighted by atomic mass is 9.96. The number of unbranched alkanes of at least 4 members (excludes halogenated alkanes) is 1. The van der Waals surface area contributed by atoms with Gasteiger partial charge in [0.1, 0.15) is 60.4 Å². The minimum absolute atomic E-state index is 0.0205. The maximum atomic E-state index is 14.5. The number of carbonyl (C=O) groups is 17. The number of aliphatic imine (C=N–C) groups is 1. The summed E-state index contributed by atoms with van der Waals surface area (Å²) in [6.45, 7) is 8.65. The summed E-state index contributed by atoms with van der Waals surface area (Å²) in [6, 6.07) is -17.8. The van der Waals surface area contributed by atoms with Crippen LogP contribution in [0.25, 0.3) is 0 Å². The SMILES string of the molecule is CC[C@H](C)[C@H](NC(=O)[C@H](CC(C)C)NC(=O)[C@H](CCCN=C(N)N)NC(=O)[C@@H]1CCCN1C(=O)[C@H](CC(=O)O)NC(=O)[C@@H](NC(=O)[C@H](CCC(N)=O)NC(=O)[C@H](CC(=O)O)NC(=O)[C@@H](N)CCC(N)=O)C(C)C)C(=O)N[C@@H](CC(=O)O)C(=O)NCC(=O)N[C@@H](CCCCN)C(=O)O. The summed E-state index contributed by atoms with van der Waals surface area (Å²) in [7, 11) is 0. The Morgan fingerprint density at radius 1 is 0.515 bits per heavy atom. The first kappa shape index (κ1) is 85.2. The summed E-state index contributed by atoms with van der Waals surface area (Å²) < 4.78 is 0. The standard InChI is InChI=1S/C58H98N18O21/c1-7-29(6)46(55(94)72-35(23-42(80)81)48(87)66-26-41(79)67-33(57(96)97)12-8-9-19-59)75-52(91)34(22-27(2)3)71-49(88)31(13-10-20-65-58(63)64)69-53(92)38-14-11-21-76(38)56(95)37(25-44(84)85)73-54(93)45(28(4)5)74-50(89)32(16-18-40(62)78)68-51(90)36(24-43(82)83)70-47(86)30(60)15-17-39(61)77/h27-38,45-46H,7-26,59-60H2,1-6H3,(H2,61,77)(H2,62,78)(H,66,87)(H,67,79)(H,68,90)(H,69,92)(H,70,86)(H,71,88)(H,72,94)(H,73,93)(H,74,89)(H,75,91)(H,80,81)(H,82,83)(H,84,85)(H,96,97)(H4,63,64,65)/t29-,30-,31-,32-,33-,34-,35-,36-,37-,38-,45-,46-/m0/s1. The number of likely N-dealkylation sites (tertiary alicyclic amines) is 1. The van der Waals surface area contributed by atoms with E-state index >= 15 is 0 Å². The van der Waals surface area contributed by atoms with Gasteiger partial charge < -0.3 is 113 Å². The number of primary amides is 2. The van der Waals surface area contributed by atoms with Crippen molar-refractivity contribution in [1.29, 1.82) is 0 Å². The summed E-state index contributed by atoms with van der Waals surface area (Å²) in [5, 5.41) is 62.3. The molecule has 0 radical (unpaired) electrons. The van der Waals surface area contributed by atoms with Crippen molar-refractivity contribution in [3.8, 4) is 0 Å². The minimum Gasteiger partial charge on any atom is -0.481 e. The van der Waals surface area contributed by atoms with Gasteiger partial charge in [0.2, 0.25) is 76.8 Å². The van der Waals surface area contributed by atoms with Gasteiger partial charge in [-0.25, -0.2) is 4.79 Å². The Morgan fingerprint density at radius 3 is 1.53 bits per heavy atom. The van der Waals surface area contributed by atoms with Crippen LogP contribution < -0.4 is 87.6 Å². The Hall–Kier alpha value is -9.82. The fourth-order valence-electron chi connectivity index (χ4n) is 9.75. The molecule has 39 nitrogen and oxygen atoms in total. The van der Waals surface area contributed by atoms with E-state index in [2.05, 4.69) is 58.2 Å². The molecule has 39 heteroatoms. The maximum absolute atomic E-state index is 14.5. The quantitative estimate of drug-likeness (QED) is 0.0153. The van der Waals surface area contributed by atoms with Crippen LogP contribution >= 0.6 is 0 Å². The van der Waals surface area contributed by atoms with E-state index in [0.29, 0.717) is 12.8 Å². The second-order valence-electron chi connectivity index (χ2n) is 24.1. The Labute approximate surface area is 559 Å². The van der Waals surface area contributed by atoms with Crippen molar-refractivity contribution < 1.29 is 102 Å². The Morgan fingerprint density at radius 2 is 0.990 bits per heavy atom. The van der Waals surface area contributed by atoms with Crippen molar-refractivity contribution in [2.24, 2.45) is 57.1 Å². The van der Waals surface area contributed by atoms with E-state index in [1.807, 2.05) is 0 Å². The first-order valence-electron chi connectivity index (χ1n) is 31.6. The highest BCUT2D eigenvalue weighted by molar-refractivity contribution is 6.01. The molecule has 0 aromatic rings. The zero-order valence-electron chi connectivity index (χ0n) is 55.3. The van der Waals surface area contributed by atoms with Crippen LogP contribution in [0, 0.1) is 17.8 Å². The number of guanidine groups is 1. The lowest BCUT2D eigenvalue weighted by molar-refractivity contribution is -0.146. The first-order chi connectivity index (χ1) is 45.3.